The summed E-state index contributed by atoms with van der Waals surface area (Å²) in [7, 11) is 0. The monoisotopic (exact) mass is 192 g/mol. The van der Waals surface area contributed by atoms with Crippen molar-refractivity contribution in [3.05, 3.63) is 24.0 Å². The number of nitrogens with two attached hydrogens (primary N) is 1. The number of nitrogens with zero attached hydrogens (tertiary/aromatic N) is 1. The molecule has 1 unspecified atom stereocenters. The first-order valence-electron chi connectivity index (χ1n) is 3.38. The van der Waals surface area contributed by atoms with Crippen molar-refractivity contribution in [3.63, 3.8) is 0 Å². The van der Waals surface area contributed by atoms with Crippen molar-refractivity contribution in [2.24, 2.45) is 5.73 Å². The first-order chi connectivity index (χ1) is 5.93. The Kier molecular flexibility index (Phi) is 2.42. The maximum absolute atomic E-state index is 12.1. The van der Waals surface area contributed by atoms with Gasteiger partial charge in [-0.2, -0.15) is 13.2 Å². The number of hydrogen-bond donors (Lipinski definition) is 2. The van der Waals surface area contributed by atoms with Crippen molar-refractivity contribution >= 4 is 0 Å². The van der Waals surface area contributed by atoms with E-state index in [1.165, 1.54) is 0 Å². The molecule has 3 N–H and O–H groups in total. The lowest BCUT2D eigenvalue weighted by Gasteiger charge is -2.16. The quantitative estimate of drug-likeness (QED) is 0.706. The standard InChI is InChI=1S/C7H7F3N2O/c8-7(9,10)6(11)4-1-2-12-3-5(4)13/h1-3,6,13H,11H2. The van der Waals surface area contributed by atoms with Gasteiger partial charge in [0.05, 0.1) is 6.20 Å². The molecular formula is C7H7F3N2O. The SMILES string of the molecule is NC(c1ccncc1O)C(F)(F)F. The lowest BCUT2D eigenvalue weighted by atomic mass is 10.1. The number of halogens is 3. The molecule has 1 rings (SSSR count). The van der Waals surface area contributed by atoms with Gasteiger partial charge < -0.3 is 10.8 Å². The van der Waals surface area contributed by atoms with E-state index in [9.17, 15) is 13.2 Å². The number of aromatic hydroxyl groups is 1. The number of rotatable bonds is 1. The summed E-state index contributed by atoms with van der Waals surface area (Å²) in [4.78, 5) is 3.44. The van der Waals surface area contributed by atoms with E-state index in [0.29, 0.717) is 0 Å². The van der Waals surface area contributed by atoms with E-state index in [0.717, 1.165) is 18.5 Å². The second kappa shape index (κ2) is 3.21. The van der Waals surface area contributed by atoms with E-state index < -0.39 is 18.0 Å². The fraction of sp³-hybridized carbons (Fsp3) is 0.286. The molecule has 0 spiro atoms. The molecule has 0 aliphatic rings. The van der Waals surface area contributed by atoms with Gasteiger partial charge in [0.15, 0.2) is 0 Å². The lowest BCUT2D eigenvalue weighted by molar-refractivity contribution is -0.149. The minimum absolute atomic E-state index is 0.373. The Bertz CT molecular complexity index is 300. The van der Waals surface area contributed by atoms with Gasteiger partial charge >= 0.3 is 6.18 Å². The minimum Gasteiger partial charge on any atom is -0.506 e. The molecule has 0 aliphatic carbocycles. The fourth-order valence-corrected chi connectivity index (χ4v) is 0.836. The molecule has 13 heavy (non-hydrogen) atoms. The maximum atomic E-state index is 12.1. The third-order valence-electron chi connectivity index (χ3n) is 1.52. The molecule has 1 atom stereocenters. The van der Waals surface area contributed by atoms with Crippen LogP contribution in [0.1, 0.15) is 11.6 Å². The Morgan fingerprint density at radius 1 is 1.46 bits per heavy atom. The molecule has 1 aromatic rings. The zero-order valence-electron chi connectivity index (χ0n) is 6.42. The predicted molar refractivity (Wildman–Crippen MR) is 38.9 cm³/mol. The Morgan fingerprint density at radius 3 is 2.54 bits per heavy atom. The zero-order chi connectivity index (χ0) is 10.1. The summed E-state index contributed by atoms with van der Waals surface area (Å²) in [6, 6.07) is -1.14. The first kappa shape index (κ1) is 9.79. The third-order valence-corrected chi connectivity index (χ3v) is 1.52. The highest BCUT2D eigenvalue weighted by atomic mass is 19.4. The van der Waals surface area contributed by atoms with Gasteiger partial charge in [0.25, 0.3) is 0 Å². The molecule has 3 nitrogen and oxygen atoms in total. The van der Waals surface area contributed by atoms with Gasteiger partial charge in [0, 0.05) is 11.8 Å². The second-order valence-electron chi connectivity index (χ2n) is 2.45. The average molecular weight is 192 g/mol. The van der Waals surface area contributed by atoms with Gasteiger partial charge in [-0.15, -0.1) is 0 Å². The third kappa shape index (κ3) is 2.09. The van der Waals surface area contributed by atoms with Crippen molar-refractivity contribution in [2.75, 3.05) is 0 Å². The number of hydrogen-bond acceptors (Lipinski definition) is 3. The average Bonchev–Trinajstić information content (AvgIpc) is 2.02. The minimum atomic E-state index is -4.56. The Morgan fingerprint density at radius 2 is 2.08 bits per heavy atom. The molecule has 0 amide bonds. The summed E-state index contributed by atoms with van der Waals surface area (Å²) in [5.41, 5.74) is 4.49. The summed E-state index contributed by atoms with van der Waals surface area (Å²) >= 11 is 0. The van der Waals surface area contributed by atoms with Gasteiger partial charge in [-0.25, -0.2) is 0 Å². The maximum Gasteiger partial charge on any atom is 0.407 e. The van der Waals surface area contributed by atoms with Crippen LogP contribution < -0.4 is 5.73 Å². The zero-order valence-corrected chi connectivity index (χ0v) is 6.42. The van der Waals surface area contributed by atoms with Crippen LogP contribution in [0.5, 0.6) is 5.75 Å². The van der Waals surface area contributed by atoms with Crippen LogP contribution in [0.15, 0.2) is 18.5 Å². The smallest absolute Gasteiger partial charge is 0.407 e. The van der Waals surface area contributed by atoms with Gasteiger partial charge in [0.1, 0.15) is 11.8 Å². The van der Waals surface area contributed by atoms with Gasteiger partial charge in [-0.1, -0.05) is 0 Å². The van der Waals surface area contributed by atoms with Crippen LogP contribution in [-0.4, -0.2) is 16.3 Å². The molecule has 0 saturated heterocycles. The Labute approximate surface area is 72.0 Å². The van der Waals surface area contributed by atoms with Crippen molar-refractivity contribution < 1.29 is 18.3 Å². The Balaban J connectivity index is 3.02. The number of pyridine rings is 1. The second-order valence-corrected chi connectivity index (χ2v) is 2.45. The molecule has 6 heteroatoms. The van der Waals surface area contributed by atoms with Gasteiger partial charge in [-0.05, 0) is 6.07 Å². The van der Waals surface area contributed by atoms with E-state index in [-0.39, 0.29) is 5.56 Å². The van der Waals surface area contributed by atoms with E-state index in [4.69, 9.17) is 10.8 Å². The van der Waals surface area contributed by atoms with E-state index in [1.807, 2.05) is 0 Å². The number of aromatic nitrogens is 1. The lowest BCUT2D eigenvalue weighted by Crippen LogP contribution is -2.28. The van der Waals surface area contributed by atoms with Crippen molar-refractivity contribution in [3.8, 4) is 5.75 Å². The molecule has 0 aromatic carbocycles. The molecule has 0 aliphatic heterocycles. The highest BCUT2D eigenvalue weighted by Gasteiger charge is 2.39. The molecule has 1 heterocycles. The number of alkyl halides is 3. The summed E-state index contributed by atoms with van der Waals surface area (Å²) in [5.74, 6) is -0.549. The molecule has 0 bridgehead atoms. The van der Waals surface area contributed by atoms with Crippen molar-refractivity contribution in [1.29, 1.82) is 0 Å². The normalized spacial score (nSPS) is 14.2. The van der Waals surface area contributed by atoms with Crippen LogP contribution in [-0.2, 0) is 0 Å². The predicted octanol–water partition coefficient (Wildman–Crippen LogP) is 1.35. The Hall–Kier alpha value is -1.30. The molecule has 0 radical (unpaired) electrons. The van der Waals surface area contributed by atoms with E-state index in [1.54, 1.807) is 0 Å². The summed E-state index contributed by atoms with van der Waals surface area (Å²) < 4.78 is 36.2. The highest BCUT2D eigenvalue weighted by molar-refractivity contribution is 5.31. The fourth-order valence-electron chi connectivity index (χ4n) is 0.836. The largest absolute Gasteiger partial charge is 0.506 e. The van der Waals surface area contributed by atoms with E-state index in [2.05, 4.69) is 4.98 Å². The first-order valence-corrected chi connectivity index (χ1v) is 3.38. The highest BCUT2D eigenvalue weighted by Crippen LogP contribution is 2.33. The van der Waals surface area contributed by atoms with Crippen LogP contribution in [0, 0.1) is 0 Å². The van der Waals surface area contributed by atoms with E-state index >= 15 is 0 Å². The molecular weight excluding hydrogens is 185 g/mol. The molecule has 0 saturated carbocycles. The van der Waals surface area contributed by atoms with Crippen molar-refractivity contribution in [1.82, 2.24) is 4.98 Å². The van der Waals surface area contributed by atoms with Crippen LogP contribution in [0.4, 0.5) is 13.2 Å². The molecule has 72 valence electrons. The van der Waals surface area contributed by atoms with Gasteiger partial charge in [0.2, 0.25) is 0 Å². The van der Waals surface area contributed by atoms with Crippen LogP contribution in [0.3, 0.4) is 0 Å². The molecule has 1 aromatic heterocycles. The summed E-state index contributed by atoms with van der Waals surface area (Å²) in [6.45, 7) is 0. The summed E-state index contributed by atoms with van der Waals surface area (Å²) in [5, 5.41) is 9.00. The van der Waals surface area contributed by atoms with Crippen LogP contribution >= 0.6 is 0 Å². The summed E-state index contributed by atoms with van der Waals surface area (Å²) in [6.07, 6.45) is -2.50. The van der Waals surface area contributed by atoms with Crippen LogP contribution in [0.2, 0.25) is 0 Å². The topological polar surface area (TPSA) is 59.1 Å². The molecule has 0 fully saturated rings. The van der Waals surface area contributed by atoms with Crippen LogP contribution in [0.25, 0.3) is 0 Å². The van der Waals surface area contributed by atoms with Crippen molar-refractivity contribution in [2.45, 2.75) is 12.2 Å². The van der Waals surface area contributed by atoms with Gasteiger partial charge in [-0.3, -0.25) is 4.98 Å².